The Morgan fingerprint density at radius 1 is 1.00 bits per heavy atom. The van der Waals surface area contributed by atoms with Gasteiger partial charge in [0.05, 0.1) is 10.9 Å². The van der Waals surface area contributed by atoms with Crippen LogP contribution in [0, 0.1) is 12.8 Å². The summed E-state index contributed by atoms with van der Waals surface area (Å²) in [4.78, 5) is 0.268. The highest BCUT2D eigenvalue weighted by Crippen LogP contribution is 2.51. The Kier molecular flexibility index (Phi) is 5.03. The molecule has 1 heterocycles. The zero-order chi connectivity index (χ0) is 21.6. The zero-order valence-electron chi connectivity index (χ0n) is 17.0. The number of hydrogen-bond donors (Lipinski definition) is 2. The number of fused-ring (bicyclic) bond motifs is 3. The first-order valence-corrected chi connectivity index (χ1v) is 12.2. The monoisotopic (exact) mass is 450 g/mol. The van der Waals surface area contributed by atoms with E-state index in [1.165, 1.54) is 0 Å². The maximum absolute atomic E-state index is 13.1. The molecule has 0 amide bonds. The molecule has 158 valence electrons. The number of aryl methyl sites for hydroxylation is 1. The number of hydrogen-bond acceptors (Lipinski definition) is 3. The fraction of sp³-hybridized carbons (Fsp3) is 0.200. The quantitative estimate of drug-likeness (QED) is 0.460. The molecule has 0 unspecified atom stereocenters. The lowest BCUT2D eigenvalue weighted by molar-refractivity contribution is 0.425. The second-order valence-corrected chi connectivity index (χ2v) is 10.3. The van der Waals surface area contributed by atoms with Crippen LogP contribution in [0.3, 0.4) is 0 Å². The van der Waals surface area contributed by atoms with Crippen molar-refractivity contribution in [1.82, 2.24) is 0 Å². The minimum Gasteiger partial charge on any atom is -0.378 e. The summed E-state index contributed by atoms with van der Waals surface area (Å²) in [6, 6.07) is 20.7. The summed E-state index contributed by atoms with van der Waals surface area (Å²) >= 11 is 6.50. The van der Waals surface area contributed by atoms with Crippen LogP contribution in [-0.4, -0.2) is 8.42 Å². The zero-order valence-corrected chi connectivity index (χ0v) is 18.6. The summed E-state index contributed by atoms with van der Waals surface area (Å²) in [5, 5.41) is 4.37. The molecule has 5 rings (SSSR count). The van der Waals surface area contributed by atoms with Crippen LogP contribution in [0.5, 0.6) is 0 Å². The van der Waals surface area contributed by atoms with Gasteiger partial charge in [-0.25, -0.2) is 8.42 Å². The average Bonchev–Trinajstić information content (AvgIpc) is 3.23. The van der Waals surface area contributed by atoms with Gasteiger partial charge in [-0.1, -0.05) is 54.1 Å². The highest BCUT2D eigenvalue weighted by atomic mass is 35.5. The molecule has 4 nitrogen and oxygen atoms in total. The fourth-order valence-corrected chi connectivity index (χ4v) is 6.04. The predicted molar refractivity (Wildman–Crippen MR) is 126 cm³/mol. The SMILES string of the molecule is Cc1cccc(NS(=O)(=O)c2ccc3c(c2)[C@H]2C=CC[C@H]2[C@@H](c2ccccc2Cl)N3)c1. The minimum atomic E-state index is -3.69. The van der Waals surface area contributed by atoms with Gasteiger partial charge in [0.15, 0.2) is 0 Å². The van der Waals surface area contributed by atoms with Gasteiger partial charge in [0.2, 0.25) is 0 Å². The summed E-state index contributed by atoms with van der Waals surface area (Å²) in [7, 11) is -3.69. The molecule has 0 saturated carbocycles. The van der Waals surface area contributed by atoms with Gasteiger partial charge in [0.1, 0.15) is 0 Å². The highest BCUT2D eigenvalue weighted by Gasteiger charge is 2.39. The molecule has 0 bridgehead atoms. The van der Waals surface area contributed by atoms with Gasteiger partial charge < -0.3 is 5.32 Å². The van der Waals surface area contributed by atoms with E-state index in [-0.39, 0.29) is 22.8 Å². The number of allylic oxidation sites excluding steroid dienone is 2. The second-order valence-electron chi connectivity index (χ2n) is 8.22. The van der Waals surface area contributed by atoms with Gasteiger partial charge in [-0.3, -0.25) is 4.72 Å². The van der Waals surface area contributed by atoms with Gasteiger partial charge in [0.25, 0.3) is 10.0 Å². The van der Waals surface area contributed by atoms with E-state index < -0.39 is 10.0 Å². The molecule has 3 aromatic rings. The van der Waals surface area contributed by atoms with E-state index in [1.54, 1.807) is 18.2 Å². The van der Waals surface area contributed by atoms with Crippen molar-refractivity contribution >= 4 is 33.0 Å². The first kappa shape index (κ1) is 20.2. The van der Waals surface area contributed by atoms with Crippen molar-refractivity contribution in [2.24, 2.45) is 5.92 Å². The maximum Gasteiger partial charge on any atom is 0.261 e. The highest BCUT2D eigenvalue weighted by molar-refractivity contribution is 7.92. The molecule has 0 radical (unpaired) electrons. The summed E-state index contributed by atoms with van der Waals surface area (Å²) < 4.78 is 28.8. The number of halogens is 1. The molecule has 3 aromatic carbocycles. The van der Waals surface area contributed by atoms with Crippen LogP contribution >= 0.6 is 11.6 Å². The molecule has 3 atom stereocenters. The van der Waals surface area contributed by atoms with E-state index in [0.29, 0.717) is 5.69 Å². The van der Waals surface area contributed by atoms with E-state index in [2.05, 4.69) is 28.3 Å². The Morgan fingerprint density at radius 2 is 1.84 bits per heavy atom. The van der Waals surface area contributed by atoms with Crippen LogP contribution in [0.1, 0.15) is 35.1 Å². The Hall–Kier alpha value is -2.76. The predicted octanol–water partition coefficient (Wildman–Crippen LogP) is 6.28. The van der Waals surface area contributed by atoms with Crippen LogP contribution in [-0.2, 0) is 10.0 Å². The number of sulfonamides is 1. The lowest BCUT2D eigenvalue weighted by Crippen LogP contribution is -2.29. The topological polar surface area (TPSA) is 58.2 Å². The number of rotatable bonds is 4. The van der Waals surface area contributed by atoms with Crippen molar-refractivity contribution in [3.63, 3.8) is 0 Å². The van der Waals surface area contributed by atoms with Gasteiger partial charge in [-0.2, -0.15) is 0 Å². The Labute approximate surface area is 188 Å². The molecule has 31 heavy (non-hydrogen) atoms. The van der Waals surface area contributed by atoms with E-state index in [1.807, 2.05) is 49.4 Å². The van der Waals surface area contributed by atoms with Gasteiger partial charge in [0, 0.05) is 22.3 Å². The van der Waals surface area contributed by atoms with Crippen molar-refractivity contribution in [1.29, 1.82) is 0 Å². The molecule has 0 saturated heterocycles. The fourth-order valence-electron chi connectivity index (χ4n) is 4.70. The van der Waals surface area contributed by atoms with Crippen LogP contribution in [0.4, 0.5) is 11.4 Å². The summed E-state index contributed by atoms with van der Waals surface area (Å²) in [6.07, 6.45) is 5.30. The van der Waals surface area contributed by atoms with E-state index in [4.69, 9.17) is 11.6 Å². The molecular formula is C25H23ClN2O2S. The third-order valence-corrected chi connectivity index (χ3v) is 7.88. The lowest BCUT2D eigenvalue weighted by Gasteiger charge is -2.38. The first-order chi connectivity index (χ1) is 14.9. The molecule has 1 aliphatic carbocycles. The van der Waals surface area contributed by atoms with Crippen LogP contribution in [0.15, 0.2) is 83.8 Å². The Balaban J connectivity index is 1.51. The van der Waals surface area contributed by atoms with E-state index in [9.17, 15) is 8.42 Å². The van der Waals surface area contributed by atoms with Crippen molar-refractivity contribution in [3.8, 4) is 0 Å². The van der Waals surface area contributed by atoms with Crippen molar-refractivity contribution in [3.05, 3.63) is 101 Å². The van der Waals surface area contributed by atoms with E-state index in [0.717, 1.165) is 33.8 Å². The summed E-state index contributed by atoms with van der Waals surface area (Å²) in [6.45, 7) is 1.93. The first-order valence-electron chi connectivity index (χ1n) is 10.3. The van der Waals surface area contributed by atoms with Crippen LogP contribution in [0.2, 0.25) is 5.02 Å². The van der Waals surface area contributed by atoms with Gasteiger partial charge in [-0.05, 0) is 72.4 Å². The number of nitrogens with one attached hydrogen (secondary N) is 2. The second kappa shape index (κ2) is 7.74. The van der Waals surface area contributed by atoms with Crippen molar-refractivity contribution in [2.45, 2.75) is 30.2 Å². The lowest BCUT2D eigenvalue weighted by atomic mass is 9.77. The molecule has 1 aliphatic heterocycles. The third-order valence-electron chi connectivity index (χ3n) is 6.16. The molecule has 0 spiro atoms. The minimum absolute atomic E-state index is 0.0778. The normalized spacial score (nSPS) is 21.8. The summed E-state index contributed by atoms with van der Waals surface area (Å²) in [5.74, 6) is 0.432. The summed E-state index contributed by atoms with van der Waals surface area (Å²) in [5.41, 5.74) is 4.60. The van der Waals surface area contributed by atoms with Crippen molar-refractivity contribution < 1.29 is 8.42 Å². The van der Waals surface area contributed by atoms with Gasteiger partial charge >= 0.3 is 0 Å². The molecule has 2 N–H and O–H groups in total. The maximum atomic E-state index is 13.1. The standard InChI is InChI=1S/C25H23ClN2O2S/c1-16-6-4-7-17(14-16)28-31(29,30)18-12-13-24-22(15-18)19-9-5-10-20(19)25(27-24)21-8-2-3-11-23(21)26/h2-9,11-15,19-20,25,27-28H,10H2,1H3/t19-,20+,25-/m0/s1. The number of anilines is 2. The molecule has 6 heteroatoms. The van der Waals surface area contributed by atoms with Gasteiger partial charge in [-0.15, -0.1) is 0 Å². The van der Waals surface area contributed by atoms with Crippen LogP contribution < -0.4 is 10.0 Å². The Bertz CT molecular complexity index is 1290. The average molecular weight is 451 g/mol. The smallest absolute Gasteiger partial charge is 0.261 e. The molecule has 2 aliphatic rings. The molecule has 0 fully saturated rings. The van der Waals surface area contributed by atoms with Crippen LogP contribution in [0.25, 0.3) is 0 Å². The number of benzene rings is 3. The largest absolute Gasteiger partial charge is 0.378 e. The molecule has 0 aromatic heterocycles. The van der Waals surface area contributed by atoms with E-state index >= 15 is 0 Å². The Morgan fingerprint density at radius 3 is 2.65 bits per heavy atom. The molecular weight excluding hydrogens is 428 g/mol. The third kappa shape index (κ3) is 3.73. The van der Waals surface area contributed by atoms with Crippen molar-refractivity contribution in [2.75, 3.05) is 10.0 Å².